The third-order valence-electron chi connectivity index (χ3n) is 6.92. The van der Waals surface area contributed by atoms with E-state index in [4.69, 9.17) is 9.47 Å². The van der Waals surface area contributed by atoms with E-state index < -0.39 is 0 Å². The Kier molecular flexibility index (Phi) is 8.77. The van der Waals surface area contributed by atoms with Gasteiger partial charge in [-0.2, -0.15) is 0 Å². The summed E-state index contributed by atoms with van der Waals surface area (Å²) in [5.74, 6) is 1.18. The molecule has 184 valence electrons. The van der Waals surface area contributed by atoms with Gasteiger partial charge in [0.1, 0.15) is 5.75 Å². The molecule has 1 amide bonds. The normalized spacial score (nSPS) is 20.8. The van der Waals surface area contributed by atoms with Crippen molar-refractivity contribution in [1.29, 1.82) is 0 Å². The fourth-order valence-electron chi connectivity index (χ4n) is 4.97. The zero-order valence-electron chi connectivity index (χ0n) is 19.9. The maximum absolute atomic E-state index is 13.6. The van der Waals surface area contributed by atoms with Crippen LogP contribution in [0.5, 0.6) is 11.5 Å². The highest BCUT2D eigenvalue weighted by Crippen LogP contribution is 2.35. The molecule has 1 heterocycles. The summed E-state index contributed by atoms with van der Waals surface area (Å²) in [5.41, 5.74) is 2.39. The van der Waals surface area contributed by atoms with Gasteiger partial charge in [0, 0.05) is 12.1 Å². The van der Waals surface area contributed by atoms with Crippen molar-refractivity contribution in [2.45, 2.75) is 56.5 Å². The lowest BCUT2D eigenvalue weighted by atomic mass is 9.97. The average Bonchev–Trinajstić information content (AvgIpc) is 3.33. The first-order valence-corrected chi connectivity index (χ1v) is 12.4. The van der Waals surface area contributed by atoms with Crippen LogP contribution in [0, 0.1) is 5.82 Å². The molecule has 1 saturated heterocycles. The van der Waals surface area contributed by atoms with E-state index in [2.05, 4.69) is 28.1 Å². The van der Waals surface area contributed by atoms with Gasteiger partial charge in [-0.3, -0.25) is 4.79 Å². The molecule has 2 aliphatic rings. The Morgan fingerprint density at radius 1 is 1.06 bits per heavy atom. The van der Waals surface area contributed by atoms with Gasteiger partial charge in [0.25, 0.3) is 5.91 Å². The van der Waals surface area contributed by atoms with Crippen molar-refractivity contribution in [3.8, 4) is 11.5 Å². The van der Waals surface area contributed by atoms with Gasteiger partial charge in [-0.1, -0.05) is 18.2 Å². The number of nitrogens with one attached hydrogen (secondary N) is 3. The van der Waals surface area contributed by atoms with E-state index in [-0.39, 0.29) is 24.4 Å². The summed E-state index contributed by atoms with van der Waals surface area (Å²) in [5, 5.41) is 10.0. The van der Waals surface area contributed by atoms with Gasteiger partial charge in [-0.25, -0.2) is 4.39 Å². The molecule has 6 nitrogen and oxygen atoms in total. The zero-order chi connectivity index (χ0) is 23.8. The van der Waals surface area contributed by atoms with Crippen LogP contribution in [-0.2, 0) is 11.2 Å². The molecule has 0 radical (unpaired) electrons. The Balaban J connectivity index is 1.17. The number of hydrogen-bond donors (Lipinski definition) is 3. The number of carbonyl (C=O) groups is 1. The second kappa shape index (κ2) is 12.2. The molecule has 0 spiro atoms. The Morgan fingerprint density at radius 3 is 2.62 bits per heavy atom. The summed E-state index contributed by atoms with van der Waals surface area (Å²) in [6.45, 7) is 2.82. The number of methoxy groups -OCH3 is 1. The van der Waals surface area contributed by atoms with Gasteiger partial charge in [0.05, 0.1) is 7.11 Å². The van der Waals surface area contributed by atoms with Crippen molar-refractivity contribution in [1.82, 2.24) is 16.0 Å². The van der Waals surface area contributed by atoms with E-state index in [0.717, 1.165) is 69.5 Å². The topological polar surface area (TPSA) is 71.6 Å². The molecule has 0 unspecified atom stereocenters. The molecule has 1 saturated carbocycles. The molecule has 34 heavy (non-hydrogen) atoms. The first-order valence-electron chi connectivity index (χ1n) is 12.4. The molecule has 2 aromatic carbocycles. The number of rotatable bonds is 10. The summed E-state index contributed by atoms with van der Waals surface area (Å²) in [6.07, 6.45) is 6.19. The molecule has 2 atom stereocenters. The quantitative estimate of drug-likeness (QED) is 0.497. The number of hydrogen-bond acceptors (Lipinski definition) is 5. The van der Waals surface area contributed by atoms with Crippen molar-refractivity contribution in [2.24, 2.45) is 0 Å². The second-order valence-corrected chi connectivity index (χ2v) is 9.33. The first kappa shape index (κ1) is 24.5. The minimum absolute atomic E-state index is 0.0542. The molecule has 7 heteroatoms. The molecule has 1 aliphatic carbocycles. The summed E-state index contributed by atoms with van der Waals surface area (Å²) in [6, 6.07) is 14.0. The molecule has 1 aliphatic heterocycles. The maximum Gasteiger partial charge on any atom is 0.258 e. The minimum atomic E-state index is -0.324. The largest absolute Gasteiger partial charge is 0.494 e. The lowest BCUT2D eigenvalue weighted by Gasteiger charge is -2.23. The zero-order valence-corrected chi connectivity index (χ0v) is 19.9. The lowest BCUT2D eigenvalue weighted by molar-refractivity contribution is -0.123. The van der Waals surface area contributed by atoms with E-state index in [1.54, 1.807) is 6.07 Å². The first-order chi connectivity index (χ1) is 16.6. The highest BCUT2D eigenvalue weighted by atomic mass is 19.1. The summed E-state index contributed by atoms with van der Waals surface area (Å²) in [7, 11) is 1.49. The third-order valence-corrected chi connectivity index (χ3v) is 6.92. The summed E-state index contributed by atoms with van der Waals surface area (Å²) < 4.78 is 24.3. The molecular formula is C27H36FN3O3. The van der Waals surface area contributed by atoms with Crippen LogP contribution in [0.1, 0.15) is 49.1 Å². The third kappa shape index (κ3) is 6.93. The molecule has 2 fully saturated rings. The van der Waals surface area contributed by atoms with Crippen LogP contribution >= 0.6 is 0 Å². The molecule has 3 N–H and O–H groups in total. The van der Waals surface area contributed by atoms with Gasteiger partial charge in [0.15, 0.2) is 18.2 Å². The van der Waals surface area contributed by atoms with Crippen molar-refractivity contribution in [2.75, 3.05) is 33.4 Å². The Morgan fingerprint density at radius 2 is 1.85 bits per heavy atom. The van der Waals surface area contributed by atoms with Gasteiger partial charge in [-0.15, -0.1) is 0 Å². The molecule has 2 aromatic rings. The fraction of sp³-hybridized carbons (Fsp3) is 0.519. The van der Waals surface area contributed by atoms with Gasteiger partial charge in [-0.05, 0) is 99.5 Å². The van der Waals surface area contributed by atoms with Gasteiger partial charge >= 0.3 is 0 Å². The number of halogens is 1. The highest BCUT2D eigenvalue weighted by Gasteiger charge is 2.25. The molecule has 4 rings (SSSR count). The Labute approximate surface area is 201 Å². The van der Waals surface area contributed by atoms with Crippen LogP contribution < -0.4 is 25.4 Å². The van der Waals surface area contributed by atoms with E-state index in [1.165, 1.54) is 18.7 Å². The van der Waals surface area contributed by atoms with Crippen LogP contribution in [-0.4, -0.2) is 51.3 Å². The van der Waals surface area contributed by atoms with E-state index in [1.807, 2.05) is 18.2 Å². The number of ether oxygens (including phenoxy) is 2. The van der Waals surface area contributed by atoms with E-state index >= 15 is 0 Å². The van der Waals surface area contributed by atoms with Crippen molar-refractivity contribution < 1.29 is 18.7 Å². The van der Waals surface area contributed by atoms with Gasteiger partial charge in [0.2, 0.25) is 0 Å². The number of amides is 1. The lowest BCUT2D eigenvalue weighted by Crippen LogP contribution is -2.44. The SMILES string of the molecule is COc1cc(CCN[C@H]2CC[C@@H](c3ccc(OCC(=O)NC4CCNCC4)cc3)C2)ccc1F. The van der Waals surface area contributed by atoms with Crippen LogP contribution in [0.25, 0.3) is 0 Å². The van der Waals surface area contributed by atoms with E-state index in [9.17, 15) is 9.18 Å². The Bertz CT molecular complexity index is 931. The monoisotopic (exact) mass is 469 g/mol. The predicted molar refractivity (Wildman–Crippen MR) is 131 cm³/mol. The van der Waals surface area contributed by atoms with Crippen LogP contribution in [0.4, 0.5) is 4.39 Å². The Hall–Kier alpha value is -2.64. The minimum Gasteiger partial charge on any atom is -0.494 e. The second-order valence-electron chi connectivity index (χ2n) is 9.33. The van der Waals surface area contributed by atoms with Crippen molar-refractivity contribution in [3.05, 3.63) is 59.4 Å². The fourth-order valence-corrected chi connectivity index (χ4v) is 4.97. The highest BCUT2D eigenvalue weighted by molar-refractivity contribution is 5.77. The summed E-state index contributed by atoms with van der Waals surface area (Å²) in [4.78, 5) is 12.1. The standard InChI is InChI=1S/C27H36FN3O3/c1-33-26-16-19(2-9-25(26)28)10-15-30-23-6-3-21(17-23)20-4-7-24(8-5-20)34-18-27(32)31-22-11-13-29-14-12-22/h2,4-5,7-9,16,21-23,29-30H,3,6,10-15,17-18H2,1H3,(H,31,32)/t21-,23+/m1/s1. The van der Waals surface area contributed by atoms with Crippen molar-refractivity contribution in [3.63, 3.8) is 0 Å². The van der Waals surface area contributed by atoms with Crippen LogP contribution in [0.2, 0.25) is 0 Å². The smallest absolute Gasteiger partial charge is 0.258 e. The molecule has 0 aromatic heterocycles. The van der Waals surface area contributed by atoms with Gasteiger partial charge < -0.3 is 25.4 Å². The number of piperidine rings is 1. The number of carbonyl (C=O) groups excluding carboxylic acids is 1. The molecule has 0 bridgehead atoms. The van der Waals surface area contributed by atoms with Crippen LogP contribution in [0.15, 0.2) is 42.5 Å². The average molecular weight is 470 g/mol. The van der Waals surface area contributed by atoms with Crippen LogP contribution in [0.3, 0.4) is 0 Å². The summed E-state index contributed by atoms with van der Waals surface area (Å²) >= 11 is 0. The predicted octanol–water partition coefficient (Wildman–Crippen LogP) is 3.55. The van der Waals surface area contributed by atoms with Crippen molar-refractivity contribution >= 4 is 5.91 Å². The van der Waals surface area contributed by atoms with E-state index in [0.29, 0.717) is 17.7 Å². The maximum atomic E-state index is 13.6. The number of benzene rings is 2. The molecular weight excluding hydrogens is 433 g/mol.